The van der Waals surface area contributed by atoms with Crippen LogP contribution in [0.2, 0.25) is 0 Å². The summed E-state index contributed by atoms with van der Waals surface area (Å²) >= 11 is 0. The van der Waals surface area contributed by atoms with E-state index in [9.17, 15) is 9.59 Å². The first kappa shape index (κ1) is 14.8. The van der Waals surface area contributed by atoms with Crippen LogP contribution in [0.15, 0.2) is 42.6 Å². The molecule has 0 saturated carbocycles. The van der Waals surface area contributed by atoms with Crippen LogP contribution >= 0.6 is 0 Å². The number of hydrogen-bond donors (Lipinski definition) is 3. The van der Waals surface area contributed by atoms with Gasteiger partial charge in [0.25, 0.3) is 11.8 Å². The van der Waals surface area contributed by atoms with Gasteiger partial charge in [0.2, 0.25) is 0 Å². The van der Waals surface area contributed by atoms with Crippen LogP contribution in [0.5, 0.6) is 0 Å². The molecule has 0 aliphatic carbocycles. The number of rotatable bonds is 4. The first-order chi connectivity index (χ1) is 10.0. The third-order valence-electron chi connectivity index (χ3n) is 3.30. The lowest BCUT2D eigenvalue weighted by Gasteiger charge is -2.15. The summed E-state index contributed by atoms with van der Waals surface area (Å²) in [5, 5.41) is 11.5. The molecule has 3 N–H and O–H groups in total. The Bertz CT molecular complexity index is 646. The number of nitrogens with one attached hydrogen (secondary N) is 2. The highest BCUT2D eigenvalue weighted by Crippen LogP contribution is 2.14. The minimum Gasteiger partial charge on any atom is -0.347 e. The van der Waals surface area contributed by atoms with Crippen molar-refractivity contribution in [2.75, 3.05) is 0 Å². The van der Waals surface area contributed by atoms with Gasteiger partial charge in [-0.3, -0.25) is 14.8 Å². The maximum atomic E-state index is 12.1. The molecule has 1 heterocycles. The summed E-state index contributed by atoms with van der Waals surface area (Å²) in [6, 6.07) is 10.0. The molecule has 2 amide bonds. The van der Waals surface area contributed by atoms with Gasteiger partial charge in [-0.2, -0.15) is 0 Å². The fourth-order valence-corrected chi connectivity index (χ4v) is 2.04. The molecule has 1 aromatic carbocycles. The van der Waals surface area contributed by atoms with Crippen LogP contribution in [0.4, 0.5) is 0 Å². The van der Waals surface area contributed by atoms with Gasteiger partial charge in [0.1, 0.15) is 5.69 Å². The molecule has 0 aliphatic rings. The minimum absolute atomic E-state index is 0.160. The number of hydrogen-bond acceptors (Lipinski definition) is 3. The van der Waals surface area contributed by atoms with Crippen molar-refractivity contribution in [3.63, 3.8) is 0 Å². The Morgan fingerprint density at radius 1 is 1.14 bits per heavy atom. The van der Waals surface area contributed by atoms with Crippen LogP contribution < -0.4 is 10.8 Å². The second-order valence-corrected chi connectivity index (χ2v) is 4.76. The number of carbonyl (C=O) groups excluding carboxylic acids is 2. The summed E-state index contributed by atoms with van der Waals surface area (Å²) in [5.74, 6) is -0.728. The molecule has 110 valence electrons. The van der Waals surface area contributed by atoms with Gasteiger partial charge >= 0.3 is 0 Å². The Hall–Kier alpha value is -2.60. The number of aryl methyl sites for hydroxylation is 1. The van der Waals surface area contributed by atoms with Crippen molar-refractivity contribution in [1.29, 1.82) is 0 Å². The largest absolute Gasteiger partial charge is 0.347 e. The van der Waals surface area contributed by atoms with E-state index in [2.05, 4.69) is 5.32 Å². The number of aromatic nitrogens is 1. The maximum Gasteiger partial charge on any atom is 0.274 e. The van der Waals surface area contributed by atoms with E-state index >= 15 is 0 Å². The summed E-state index contributed by atoms with van der Waals surface area (Å²) in [6.07, 6.45) is 1.81. The van der Waals surface area contributed by atoms with Gasteiger partial charge in [-0.25, -0.2) is 5.48 Å². The van der Waals surface area contributed by atoms with Gasteiger partial charge in [-0.05, 0) is 36.8 Å². The van der Waals surface area contributed by atoms with Gasteiger partial charge in [-0.1, -0.05) is 12.1 Å². The van der Waals surface area contributed by atoms with Gasteiger partial charge < -0.3 is 9.88 Å². The van der Waals surface area contributed by atoms with Crippen LogP contribution in [0, 0.1) is 0 Å². The monoisotopic (exact) mass is 287 g/mol. The van der Waals surface area contributed by atoms with E-state index in [1.54, 1.807) is 40.4 Å². The zero-order chi connectivity index (χ0) is 15.4. The van der Waals surface area contributed by atoms with E-state index in [1.165, 1.54) is 0 Å². The van der Waals surface area contributed by atoms with Gasteiger partial charge in [0.05, 0.1) is 6.04 Å². The third-order valence-corrected chi connectivity index (χ3v) is 3.30. The summed E-state index contributed by atoms with van der Waals surface area (Å²) in [4.78, 5) is 23.3. The molecule has 0 radical (unpaired) electrons. The van der Waals surface area contributed by atoms with E-state index in [-0.39, 0.29) is 11.9 Å². The Morgan fingerprint density at radius 2 is 1.81 bits per heavy atom. The van der Waals surface area contributed by atoms with E-state index in [0.29, 0.717) is 11.3 Å². The van der Waals surface area contributed by atoms with Crippen molar-refractivity contribution in [3.8, 4) is 0 Å². The molecule has 6 nitrogen and oxygen atoms in total. The molecule has 0 aliphatic heterocycles. The van der Waals surface area contributed by atoms with Crippen molar-refractivity contribution >= 4 is 11.8 Å². The van der Waals surface area contributed by atoms with Crippen LogP contribution in [0.1, 0.15) is 39.4 Å². The van der Waals surface area contributed by atoms with Crippen molar-refractivity contribution in [2.45, 2.75) is 13.0 Å². The molecule has 0 fully saturated rings. The van der Waals surface area contributed by atoms with Crippen LogP contribution in [0.25, 0.3) is 0 Å². The quantitative estimate of drug-likeness (QED) is 0.590. The Morgan fingerprint density at radius 3 is 2.33 bits per heavy atom. The lowest BCUT2D eigenvalue weighted by molar-refractivity contribution is 0.0706. The highest BCUT2D eigenvalue weighted by atomic mass is 16.5. The van der Waals surface area contributed by atoms with Crippen LogP contribution in [-0.2, 0) is 7.05 Å². The van der Waals surface area contributed by atoms with Crippen molar-refractivity contribution in [2.24, 2.45) is 7.05 Å². The summed E-state index contributed by atoms with van der Waals surface area (Å²) < 4.78 is 1.75. The predicted octanol–water partition coefficient (Wildman–Crippen LogP) is 1.64. The smallest absolute Gasteiger partial charge is 0.274 e. The third kappa shape index (κ3) is 3.29. The van der Waals surface area contributed by atoms with Gasteiger partial charge in [0.15, 0.2) is 0 Å². The fraction of sp³-hybridized carbons (Fsp3) is 0.200. The Labute approximate surface area is 122 Å². The molecular formula is C15H17N3O3. The molecule has 1 aromatic heterocycles. The second kappa shape index (κ2) is 6.23. The maximum absolute atomic E-state index is 12.1. The second-order valence-electron chi connectivity index (χ2n) is 4.76. The van der Waals surface area contributed by atoms with Gasteiger partial charge in [-0.15, -0.1) is 0 Å². The fourth-order valence-electron chi connectivity index (χ4n) is 2.04. The first-order valence-corrected chi connectivity index (χ1v) is 6.49. The molecule has 1 unspecified atom stereocenters. The summed E-state index contributed by atoms with van der Waals surface area (Å²) in [6.45, 7) is 1.86. The topological polar surface area (TPSA) is 83.4 Å². The average Bonchev–Trinajstić information content (AvgIpc) is 2.92. The number of amides is 2. The summed E-state index contributed by atoms with van der Waals surface area (Å²) in [7, 11) is 1.81. The van der Waals surface area contributed by atoms with E-state index in [0.717, 1.165) is 5.56 Å². The zero-order valence-electron chi connectivity index (χ0n) is 11.8. The molecule has 0 bridgehead atoms. The molecule has 0 saturated heterocycles. The van der Waals surface area contributed by atoms with Crippen LogP contribution in [0.3, 0.4) is 0 Å². The molecule has 1 atom stereocenters. The highest BCUT2D eigenvalue weighted by molar-refractivity contribution is 5.94. The highest BCUT2D eigenvalue weighted by Gasteiger charge is 2.14. The Kier molecular flexibility index (Phi) is 4.39. The molecule has 2 rings (SSSR count). The SMILES string of the molecule is CC(NC(=O)c1cccn1C)c1ccc(C(=O)NO)cc1. The number of nitrogens with zero attached hydrogens (tertiary/aromatic N) is 1. The number of carbonyl (C=O) groups is 2. The number of hydroxylamine groups is 1. The normalized spacial score (nSPS) is 11.8. The lowest BCUT2D eigenvalue weighted by Crippen LogP contribution is -2.28. The Balaban J connectivity index is 2.07. The van der Waals surface area contributed by atoms with Crippen LogP contribution in [-0.4, -0.2) is 21.6 Å². The van der Waals surface area contributed by atoms with Crippen molar-refractivity contribution in [1.82, 2.24) is 15.4 Å². The molecule has 0 spiro atoms. The predicted molar refractivity (Wildman–Crippen MR) is 77.0 cm³/mol. The molecule has 2 aromatic rings. The van der Waals surface area contributed by atoms with Crippen molar-refractivity contribution in [3.05, 3.63) is 59.4 Å². The van der Waals surface area contributed by atoms with Gasteiger partial charge in [0, 0.05) is 18.8 Å². The van der Waals surface area contributed by atoms with Crippen molar-refractivity contribution < 1.29 is 14.8 Å². The van der Waals surface area contributed by atoms with E-state index in [4.69, 9.17) is 5.21 Å². The average molecular weight is 287 g/mol. The molecule has 6 heteroatoms. The molecule has 21 heavy (non-hydrogen) atoms. The minimum atomic E-state index is -0.568. The molecular weight excluding hydrogens is 270 g/mol. The summed E-state index contributed by atoms with van der Waals surface area (Å²) in [5.41, 5.74) is 3.37. The zero-order valence-corrected chi connectivity index (χ0v) is 11.8. The van der Waals surface area contributed by atoms with E-state index < -0.39 is 5.91 Å². The first-order valence-electron chi connectivity index (χ1n) is 6.49. The standard InChI is InChI=1S/C15H17N3O3/c1-10(16-15(20)13-4-3-9-18(13)2)11-5-7-12(8-6-11)14(19)17-21/h3-10,21H,1-2H3,(H,16,20)(H,17,19). The lowest BCUT2D eigenvalue weighted by atomic mass is 10.1. The number of benzene rings is 1. The van der Waals surface area contributed by atoms with E-state index in [1.807, 2.05) is 26.2 Å².